The Kier molecular flexibility index (Phi) is 13.4. The third kappa shape index (κ3) is 7.88. The molecule has 0 spiro atoms. The quantitative estimate of drug-likeness (QED) is 0.246. The molecule has 0 aliphatic carbocycles. The Balaban J connectivity index is 0.000000454. The second kappa shape index (κ2) is 14.6. The highest BCUT2D eigenvalue weighted by Crippen LogP contribution is 2.44. The van der Waals surface area contributed by atoms with E-state index in [-0.39, 0.29) is 34.0 Å². The Morgan fingerprint density at radius 1 is 0.644 bits per heavy atom. The lowest BCUT2D eigenvalue weighted by Gasteiger charge is -2.60. The molecule has 0 aromatic heterocycles. The first-order chi connectivity index (χ1) is 20.5. The molecule has 2 amide bonds. The lowest BCUT2D eigenvalue weighted by atomic mass is 9.79. The van der Waals surface area contributed by atoms with Gasteiger partial charge >= 0.3 is 0 Å². The van der Waals surface area contributed by atoms with E-state index in [0.717, 1.165) is 38.6 Å². The number of carbonyl (C=O) groups excluding carboxylic acids is 2. The second-order valence-electron chi connectivity index (χ2n) is 16.0. The van der Waals surface area contributed by atoms with Crippen molar-refractivity contribution in [1.29, 1.82) is 5.26 Å². The topological polar surface area (TPSA) is 89.3 Å². The standard InChI is InChI=1S/C19H35N3O2.C17H34N2O2/c1-10-18(9)15(23)21(16(4,5)6)14-19(11-2,12-3)22(18)24-17(7,8)13-20;1-9-16(8)14(20)18(15(5,6)7)13-17(10-2,11-3)19(16)21-12-4/h10-12,14H2,1-9H3;9-13H2,1-8H3. The van der Waals surface area contributed by atoms with E-state index >= 15 is 0 Å². The number of hydrogen-bond acceptors (Lipinski definition) is 7. The fraction of sp³-hybridized carbons (Fsp3) is 0.917. The van der Waals surface area contributed by atoms with Crippen molar-refractivity contribution < 1.29 is 19.3 Å². The predicted molar refractivity (Wildman–Crippen MR) is 183 cm³/mol. The van der Waals surface area contributed by atoms with Gasteiger partial charge in [0.25, 0.3) is 0 Å². The summed E-state index contributed by atoms with van der Waals surface area (Å²) in [5.74, 6) is 0.257. The molecule has 2 saturated heterocycles. The number of hydroxylamine groups is 4. The average molecular weight is 636 g/mol. The largest absolute Gasteiger partial charge is 0.334 e. The summed E-state index contributed by atoms with van der Waals surface area (Å²) >= 11 is 0. The highest BCUT2D eigenvalue weighted by molar-refractivity contribution is 5.88. The molecule has 2 fully saturated rings. The van der Waals surface area contributed by atoms with Gasteiger partial charge in [0, 0.05) is 24.2 Å². The molecule has 262 valence electrons. The molecule has 2 unspecified atom stereocenters. The number of piperazine rings is 2. The van der Waals surface area contributed by atoms with Crippen LogP contribution in [-0.2, 0) is 19.3 Å². The molecular formula is C36H69N5O4. The van der Waals surface area contributed by atoms with Gasteiger partial charge in [0.05, 0.1) is 23.8 Å². The van der Waals surface area contributed by atoms with Gasteiger partial charge in [0.2, 0.25) is 11.8 Å². The van der Waals surface area contributed by atoms with Gasteiger partial charge in [-0.05, 0) is 115 Å². The molecule has 45 heavy (non-hydrogen) atoms. The molecule has 2 rings (SSSR count). The summed E-state index contributed by atoms with van der Waals surface area (Å²) in [6, 6.07) is 2.20. The van der Waals surface area contributed by atoms with Gasteiger partial charge in [-0.15, -0.1) is 0 Å². The average Bonchev–Trinajstić information content (AvgIpc) is 2.98. The molecular weight excluding hydrogens is 566 g/mol. The first-order valence-electron chi connectivity index (χ1n) is 17.4. The van der Waals surface area contributed by atoms with Crippen molar-refractivity contribution in [3.05, 3.63) is 0 Å². The van der Waals surface area contributed by atoms with Gasteiger partial charge in [0.15, 0.2) is 5.60 Å². The highest BCUT2D eigenvalue weighted by atomic mass is 16.7. The van der Waals surface area contributed by atoms with Crippen molar-refractivity contribution in [2.75, 3.05) is 19.7 Å². The minimum absolute atomic E-state index is 0.0729. The van der Waals surface area contributed by atoms with Crippen LogP contribution >= 0.6 is 0 Å². The number of amides is 2. The fourth-order valence-electron chi connectivity index (χ4n) is 6.71. The Labute approximate surface area is 276 Å². The summed E-state index contributed by atoms with van der Waals surface area (Å²) in [6.07, 6.45) is 5.01. The zero-order valence-corrected chi connectivity index (χ0v) is 32.2. The number of nitriles is 1. The molecule has 0 N–H and O–H groups in total. The van der Waals surface area contributed by atoms with Crippen molar-refractivity contribution in [1.82, 2.24) is 19.9 Å². The van der Waals surface area contributed by atoms with Crippen LogP contribution in [0.4, 0.5) is 0 Å². The first-order valence-corrected chi connectivity index (χ1v) is 17.4. The maximum absolute atomic E-state index is 13.4. The molecule has 2 heterocycles. The van der Waals surface area contributed by atoms with Crippen LogP contribution in [0, 0.1) is 11.3 Å². The number of hydrogen-bond donors (Lipinski definition) is 0. The Hall–Kier alpha value is -1.73. The molecule has 0 aromatic carbocycles. The summed E-state index contributed by atoms with van der Waals surface area (Å²) in [6.45, 7) is 36.7. The molecule has 9 nitrogen and oxygen atoms in total. The van der Waals surface area contributed by atoms with Gasteiger partial charge in [0.1, 0.15) is 11.1 Å². The second-order valence-corrected chi connectivity index (χ2v) is 16.0. The molecule has 9 heteroatoms. The predicted octanol–water partition coefficient (Wildman–Crippen LogP) is 7.50. The molecule has 0 bridgehead atoms. The number of rotatable bonds is 10. The molecule has 0 radical (unpaired) electrons. The van der Waals surface area contributed by atoms with Crippen LogP contribution in [0.1, 0.15) is 156 Å². The number of carbonyl (C=O) groups is 2. The van der Waals surface area contributed by atoms with E-state index in [0.29, 0.717) is 19.6 Å². The van der Waals surface area contributed by atoms with Crippen LogP contribution in [0.5, 0.6) is 0 Å². The SMILES string of the molecule is CCC1(CC)CN(C(C)(C)C)C(=O)C(C)(CC)N1OC(C)(C)C#N.CCON1C(CC)(CC)CN(C(C)(C)C)C(=O)C1(C)CC. The summed E-state index contributed by atoms with van der Waals surface area (Å²) < 4.78 is 0. The zero-order chi connectivity index (χ0) is 35.4. The fourth-order valence-corrected chi connectivity index (χ4v) is 6.71. The van der Waals surface area contributed by atoms with E-state index in [9.17, 15) is 14.9 Å². The summed E-state index contributed by atoms with van der Waals surface area (Å²) in [5.41, 5.74) is -3.18. The van der Waals surface area contributed by atoms with Crippen LogP contribution in [0.2, 0.25) is 0 Å². The molecule has 2 aliphatic rings. The monoisotopic (exact) mass is 636 g/mol. The van der Waals surface area contributed by atoms with Crippen LogP contribution < -0.4 is 0 Å². The third-order valence-corrected chi connectivity index (χ3v) is 10.6. The zero-order valence-electron chi connectivity index (χ0n) is 32.2. The molecule has 2 atom stereocenters. The first kappa shape index (κ1) is 41.3. The Morgan fingerprint density at radius 2 is 0.978 bits per heavy atom. The van der Waals surface area contributed by atoms with Crippen molar-refractivity contribution in [3.8, 4) is 6.07 Å². The third-order valence-electron chi connectivity index (χ3n) is 10.6. The van der Waals surface area contributed by atoms with Crippen LogP contribution in [-0.4, -0.2) is 90.3 Å². The number of nitrogens with zero attached hydrogens (tertiary/aromatic N) is 5. The molecule has 2 aliphatic heterocycles. The van der Waals surface area contributed by atoms with Gasteiger partial charge in [-0.25, -0.2) is 0 Å². The van der Waals surface area contributed by atoms with E-state index < -0.39 is 16.7 Å². The van der Waals surface area contributed by atoms with Gasteiger partial charge in [-0.2, -0.15) is 15.4 Å². The van der Waals surface area contributed by atoms with E-state index in [1.165, 1.54) is 0 Å². The minimum Gasteiger partial charge on any atom is -0.334 e. The van der Waals surface area contributed by atoms with Crippen molar-refractivity contribution >= 4 is 11.8 Å². The van der Waals surface area contributed by atoms with Gasteiger partial charge in [-0.3, -0.25) is 19.3 Å². The van der Waals surface area contributed by atoms with Crippen LogP contribution in [0.3, 0.4) is 0 Å². The van der Waals surface area contributed by atoms with Crippen molar-refractivity contribution in [2.24, 2.45) is 0 Å². The van der Waals surface area contributed by atoms with E-state index in [4.69, 9.17) is 9.68 Å². The van der Waals surface area contributed by atoms with Gasteiger partial charge in [-0.1, -0.05) is 41.5 Å². The maximum atomic E-state index is 13.4. The van der Waals surface area contributed by atoms with Crippen LogP contribution in [0.15, 0.2) is 0 Å². The maximum Gasteiger partial charge on any atom is 0.245 e. The van der Waals surface area contributed by atoms with Gasteiger partial charge < -0.3 is 9.80 Å². The van der Waals surface area contributed by atoms with E-state index in [1.54, 1.807) is 13.8 Å². The van der Waals surface area contributed by atoms with Crippen molar-refractivity contribution in [2.45, 2.75) is 195 Å². The van der Waals surface area contributed by atoms with Crippen LogP contribution in [0.25, 0.3) is 0 Å². The smallest absolute Gasteiger partial charge is 0.245 e. The lowest BCUT2D eigenvalue weighted by molar-refractivity contribution is -0.326. The molecule has 0 aromatic rings. The van der Waals surface area contributed by atoms with E-state index in [1.807, 2.05) is 42.7 Å². The Morgan fingerprint density at radius 3 is 1.24 bits per heavy atom. The minimum atomic E-state index is -0.976. The summed E-state index contributed by atoms with van der Waals surface area (Å²) in [5, 5.41) is 13.3. The summed E-state index contributed by atoms with van der Waals surface area (Å²) in [7, 11) is 0. The highest BCUT2D eigenvalue weighted by Gasteiger charge is 2.59. The van der Waals surface area contributed by atoms with Crippen molar-refractivity contribution in [3.63, 3.8) is 0 Å². The lowest BCUT2D eigenvalue weighted by Crippen LogP contribution is -2.76. The molecule has 0 saturated carbocycles. The van der Waals surface area contributed by atoms with E-state index in [2.05, 4.69) is 87.1 Å². The normalized spacial score (nSPS) is 26.4. The summed E-state index contributed by atoms with van der Waals surface area (Å²) in [4.78, 5) is 42.7. The Bertz CT molecular complexity index is 1050.